The van der Waals surface area contributed by atoms with Gasteiger partial charge in [-0.3, -0.25) is 9.69 Å². The summed E-state index contributed by atoms with van der Waals surface area (Å²) < 4.78 is 1.80. The second-order valence-electron chi connectivity index (χ2n) is 10.7. The third-order valence-electron chi connectivity index (χ3n) is 8.32. The number of nitrogens with zero attached hydrogens (tertiary/aromatic N) is 4. The molecule has 3 atom stereocenters. The molecule has 3 N–H and O–H groups in total. The summed E-state index contributed by atoms with van der Waals surface area (Å²) in [6, 6.07) is 0.476. The topological polar surface area (TPSA) is 92.3 Å². The predicted octanol–water partition coefficient (Wildman–Crippen LogP) is 5.30. The molecule has 9 heteroatoms. The molecule has 2 bridgehead atoms. The van der Waals surface area contributed by atoms with Gasteiger partial charge in [0.2, 0.25) is 11.2 Å². The van der Waals surface area contributed by atoms with Crippen LogP contribution in [0, 0.1) is 26.7 Å². The molecule has 7 nitrogen and oxygen atoms in total. The van der Waals surface area contributed by atoms with Gasteiger partial charge in [-0.15, -0.1) is 16.4 Å². The Morgan fingerprint density at radius 1 is 1.26 bits per heavy atom. The first-order valence-electron chi connectivity index (χ1n) is 12.3. The zero-order valence-electron chi connectivity index (χ0n) is 20.8. The Bertz CT molecular complexity index is 1500. The highest BCUT2D eigenvalue weighted by atomic mass is 35.5. The van der Waals surface area contributed by atoms with E-state index in [0.717, 1.165) is 29.7 Å². The number of aryl methyl sites for hydroxylation is 2. The number of aromatic nitrogens is 4. The number of halogens is 1. The van der Waals surface area contributed by atoms with E-state index in [1.165, 1.54) is 43.9 Å². The molecule has 2 aliphatic rings. The van der Waals surface area contributed by atoms with E-state index in [4.69, 9.17) is 17.3 Å². The Kier molecular flexibility index (Phi) is 5.29. The lowest BCUT2D eigenvalue weighted by Gasteiger charge is -2.30. The van der Waals surface area contributed by atoms with Crippen LogP contribution >= 0.6 is 22.9 Å². The van der Waals surface area contributed by atoms with Crippen molar-refractivity contribution < 1.29 is 4.79 Å². The van der Waals surface area contributed by atoms with E-state index in [0.29, 0.717) is 30.3 Å². The maximum atomic E-state index is 11.5. The Labute approximate surface area is 213 Å². The van der Waals surface area contributed by atoms with Crippen LogP contribution in [0.15, 0.2) is 6.20 Å². The van der Waals surface area contributed by atoms with E-state index >= 15 is 0 Å². The van der Waals surface area contributed by atoms with E-state index in [2.05, 4.69) is 60.8 Å². The van der Waals surface area contributed by atoms with E-state index in [1.54, 1.807) is 4.52 Å². The number of H-pyrrole nitrogens is 1. The van der Waals surface area contributed by atoms with Crippen molar-refractivity contribution in [3.8, 4) is 11.3 Å². The molecular weight excluding hydrogens is 480 g/mol. The number of likely N-dealkylation sites (tertiary alicyclic amines) is 1. The van der Waals surface area contributed by atoms with Crippen LogP contribution in [-0.2, 0) is 4.79 Å². The molecule has 6 rings (SSSR count). The fourth-order valence-corrected chi connectivity index (χ4v) is 8.23. The summed E-state index contributed by atoms with van der Waals surface area (Å²) in [5.74, 6) is 1.31. The summed E-state index contributed by atoms with van der Waals surface area (Å²) in [6.45, 7) is 12.4. The molecule has 184 valence electrons. The molecule has 4 aromatic rings. The van der Waals surface area contributed by atoms with Gasteiger partial charge in [0.1, 0.15) is 4.83 Å². The summed E-state index contributed by atoms with van der Waals surface area (Å²) in [5, 5.41) is 6.02. The zero-order valence-corrected chi connectivity index (χ0v) is 22.3. The van der Waals surface area contributed by atoms with Crippen molar-refractivity contribution in [2.24, 2.45) is 11.7 Å². The minimum Gasteiger partial charge on any atom is -0.369 e. The van der Waals surface area contributed by atoms with Crippen molar-refractivity contribution in [1.29, 1.82) is 0 Å². The average molecular weight is 511 g/mol. The van der Waals surface area contributed by atoms with Crippen molar-refractivity contribution in [3.05, 3.63) is 38.6 Å². The van der Waals surface area contributed by atoms with E-state index in [-0.39, 0.29) is 11.2 Å². The molecular formula is C26H31ClN6OS. The van der Waals surface area contributed by atoms with Gasteiger partial charge >= 0.3 is 0 Å². The van der Waals surface area contributed by atoms with Gasteiger partial charge < -0.3 is 10.7 Å². The van der Waals surface area contributed by atoms with Gasteiger partial charge in [0.25, 0.3) is 0 Å². The summed E-state index contributed by atoms with van der Waals surface area (Å²) in [6.07, 6.45) is 4.34. The van der Waals surface area contributed by atoms with E-state index in [1.807, 2.05) is 11.3 Å². The number of carbonyl (C=O) groups excluding carboxylic acids is 1. The highest BCUT2D eigenvalue weighted by molar-refractivity contribution is 7.19. The predicted molar refractivity (Wildman–Crippen MR) is 141 cm³/mol. The van der Waals surface area contributed by atoms with Gasteiger partial charge in [-0.05, 0) is 85.2 Å². The van der Waals surface area contributed by atoms with Crippen LogP contribution in [-0.4, -0.2) is 49.5 Å². The van der Waals surface area contributed by atoms with E-state index in [9.17, 15) is 4.79 Å². The van der Waals surface area contributed by atoms with Crippen molar-refractivity contribution in [3.63, 3.8) is 0 Å². The molecule has 1 saturated heterocycles. The lowest BCUT2D eigenvalue weighted by molar-refractivity contribution is -0.119. The van der Waals surface area contributed by atoms with Crippen LogP contribution < -0.4 is 5.73 Å². The molecule has 1 saturated carbocycles. The lowest BCUT2D eigenvalue weighted by Crippen LogP contribution is -2.40. The highest BCUT2D eigenvalue weighted by Crippen LogP contribution is 2.53. The smallest absolute Gasteiger partial charge is 0.243 e. The van der Waals surface area contributed by atoms with E-state index < -0.39 is 0 Å². The Morgan fingerprint density at radius 2 is 2.03 bits per heavy atom. The number of thiophene rings is 1. The third kappa shape index (κ3) is 3.44. The van der Waals surface area contributed by atoms with Crippen LogP contribution in [0.1, 0.15) is 65.7 Å². The standard InChI is InChI=1S/C26H31ClN6OS/c1-11(2)20-21-14(5)23(17-7-16-6-15(17)8-32(16)10-19(28)34)35-25(21)29-22(20)18-9-33-24(13(4)12(18)3)30-26(27)31-33/h9,11,15-17,29H,6-8,10H2,1-5H3,(H2,28,34)/t15-,16-,17+/m0/s1. The fraction of sp³-hybridized carbons (Fsp3) is 0.500. The largest absolute Gasteiger partial charge is 0.369 e. The number of carbonyl (C=O) groups is 1. The molecule has 1 amide bonds. The number of amides is 1. The number of hydrogen-bond donors (Lipinski definition) is 2. The van der Waals surface area contributed by atoms with Crippen LogP contribution in [0.25, 0.3) is 27.1 Å². The number of aromatic amines is 1. The summed E-state index contributed by atoms with van der Waals surface area (Å²) in [5.41, 5.74) is 13.7. The number of piperidine rings is 1. The maximum absolute atomic E-state index is 11.5. The zero-order chi connectivity index (χ0) is 24.8. The number of nitrogens with one attached hydrogen (secondary N) is 1. The van der Waals surface area contributed by atoms with Crippen molar-refractivity contribution >= 4 is 44.7 Å². The monoisotopic (exact) mass is 510 g/mol. The van der Waals surface area contributed by atoms with Crippen molar-refractivity contribution in [2.75, 3.05) is 13.1 Å². The molecule has 2 fully saturated rings. The van der Waals surface area contributed by atoms with Gasteiger partial charge in [-0.25, -0.2) is 4.52 Å². The SMILES string of the molecule is Cc1c(-c2[nH]c3sc([C@@H]4C[C@@H]5C[C@H]4CN5CC(N)=O)c(C)c3c2C(C)C)cn2nc(Cl)nc2c1C. The van der Waals surface area contributed by atoms with Crippen molar-refractivity contribution in [1.82, 2.24) is 24.5 Å². The number of nitrogens with two attached hydrogens (primary N) is 1. The van der Waals surface area contributed by atoms with Gasteiger partial charge in [-0.1, -0.05) is 13.8 Å². The summed E-state index contributed by atoms with van der Waals surface area (Å²) >= 11 is 8.04. The van der Waals surface area contributed by atoms with Gasteiger partial charge in [-0.2, -0.15) is 4.98 Å². The first kappa shape index (κ1) is 23.0. The maximum Gasteiger partial charge on any atom is 0.243 e. The Balaban J connectivity index is 1.44. The first-order valence-corrected chi connectivity index (χ1v) is 13.5. The molecule has 0 unspecified atom stereocenters. The fourth-order valence-electron chi connectivity index (χ4n) is 6.64. The summed E-state index contributed by atoms with van der Waals surface area (Å²) in [7, 11) is 0. The van der Waals surface area contributed by atoms with Crippen molar-refractivity contribution in [2.45, 2.75) is 65.3 Å². The highest BCUT2D eigenvalue weighted by Gasteiger charge is 2.46. The minimum atomic E-state index is -0.222. The number of hydrogen-bond acceptors (Lipinski definition) is 5. The first-order chi connectivity index (χ1) is 16.6. The molecule has 1 aliphatic heterocycles. The Hall–Kier alpha value is -2.42. The quantitative estimate of drug-likeness (QED) is 0.381. The van der Waals surface area contributed by atoms with Crippen LogP contribution in [0.3, 0.4) is 0 Å². The third-order valence-corrected chi connectivity index (χ3v) is 9.82. The molecule has 0 spiro atoms. The average Bonchev–Trinajstić information content (AvgIpc) is 3.57. The number of primary amides is 1. The molecule has 4 aromatic heterocycles. The second-order valence-corrected chi connectivity index (χ2v) is 12.1. The Morgan fingerprint density at radius 3 is 2.69 bits per heavy atom. The minimum absolute atomic E-state index is 0.222. The molecule has 1 aliphatic carbocycles. The molecule has 5 heterocycles. The summed E-state index contributed by atoms with van der Waals surface area (Å²) in [4.78, 5) is 24.7. The lowest BCUT2D eigenvalue weighted by atomic mass is 9.88. The van der Waals surface area contributed by atoms with Crippen LogP contribution in [0.5, 0.6) is 0 Å². The van der Waals surface area contributed by atoms with Crippen LogP contribution in [0.2, 0.25) is 5.28 Å². The van der Waals surface area contributed by atoms with Gasteiger partial charge in [0.15, 0.2) is 5.65 Å². The molecule has 0 radical (unpaired) electrons. The number of fused-ring (bicyclic) bond motifs is 4. The van der Waals surface area contributed by atoms with Gasteiger partial charge in [0.05, 0.1) is 12.2 Å². The number of pyridine rings is 1. The van der Waals surface area contributed by atoms with Crippen LogP contribution in [0.4, 0.5) is 0 Å². The van der Waals surface area contributed by atoms with Gasteiger partial charge in [0, 0.05) is 34.6 Å². The molecule has 0 aromatic carbocycles. The normalized spacial score (nSPS) is 22.4. The number of rotatable bonds is 5. The molecule has 35 heavy (non-hydrogen) atoms. The second kappa shape index (κ2) is 8.05.